The minimum Gasteiger partial charge on any atom is -0.454 e. The van der Waals surface area contributed by atoms with Crippen LogP contribution in [0.3, 0.4) is 0 Å². The smallest absolute Gasteiger partial charge is 0.251 e. The summed E-state index contributed by atoms with van der Waals surface area (Å²) in [7, 11) is 0. The van der Waals surface area contributed by atoms with Crippen LogP contribution in [0.2, 0.25) is 0 Å². The van der Waals surface area contributed by atoms with Crippen molar-refractivity contribution >= 4 is 17.0 Å². The summed E-state index contributed by atoms with van der Waals surface area (Å²) in [6.07, 6.45) is 1.57. The van der Waals surface area contributed by atoms with Crippen molar-refractivity contribution in [1.82, 2.24) is 10.3 Å². The predicted molar refractivity (Wildman–Crippen MR) is 112 cm³/mol. The van der Waals surface area contributed by atoms with E-state index in [4.69, 9.17) is 13.9 Å². The molecular weight excluding hydrogens is 380 g/mol. The molecule has 0 aliphatic carbocycles. The van der Waals surface area contributed by atoms with E-state index in [1.807, 2.05) is 42.5 Å². The van der Waals surface area contributed by atoms with E-state index >= 15 is 0 Å². The number of aromatic nitrogens is 1. The second-order valence-corrected chi connectivity index (χ2v) is 7.15. The van der Waals surface area contributed by atoms with E-state index in [9.17, 15) is 4.79 Å². The maximum absolute atomic E-state index is 12.6. The number of carbonyl (C=O) groups is 1. The van der Waals surface area contributed by atoms with Crippen molar-refractivity contribution in [3.05, 3.63) is 89.3 Å². The Morgan fingerprint density at radius 3 is 2.67 bits per heavy atom. The first-order valence-electron chi connectivity index (χ1n) is 9.85. The number of oxazole rings is 1. The summed E-state index contributed by atoms with van der Waals surface area (Å²) < 4.78 is 16.6. The summed E-state index contributed by atoms with van der Waals surface area (Å²) in [5.41, 5.74) is 4.09. The molecule has 4 aromatic rings. The zero-order valence-corrected chi connectivity index (χ0v) is 16.3. The summed E-state index contributed by atoms with van der Waals surface area (Å²) in [6.45, 7) is 0.627. The molecule has 0 saturated heterocycles. The highest BCUT2D eigenvalue weighted by Gasteiger charge is 2.14. The van der Waals surface area contributed by atoms with Crippen LogP contribution in [0.4, 0.5) is 0 Å². The lowest BCUT2D eigenvalue weighted by molar-refractivity contribution is 0.0951. The van der Waals surface area contributed by atoms with Gasteiger partial charge >= 0.3 is 0 Å². The van der Waals surface area contributed by atoms with Crippen molar-refractivity contribution in [3.8, 4) is 11.5 Å². The Kier molecular flexibility index (Phi) is 4.81. The molecule has 0 radical (unpaired) electrons. The van der Waals surface area contributed by atoms with Crippen LogP contribution in [0, 0.1) is 0 Å². The van der Waals surface area contributed by atoms with Gasteiger partial charge in [-0.2, -0.15) is 0 Å². The molecule has 3 aromatic carbocycles. The number of nitrogens with zero attached hydrogens (tertiary/aromatic N) is 1. The SMILES string of the molecule is O=C(NCc1ccc2c(c1)OCO2)c1ccc2nc(CCc3ccccc3)oc2c1. The summed E-state index contributed by atoms with van der Waals surface area (Å²) in [5, 5.41) is 2.93. The second-order valence-electron chi connectivity index (χ2n) is 7.15. The molecule has 6 heteroatoms. The summed E-state index contributed by atoms with van der Waals surface area (Å²) in [6, 6.07) is 21.2. The second kappa shape index (κ2) is 7.91. The Balaban J connectivity index is 1.24. The Labute approximate surface area is 173 Å². The fourth-order valence-corrected chi connectivity index (χ4v) is 3.45. The number of nitrogens with one attached hydrogen (secondary N) is 1. The van der Waals surface area contributed by atoms with E-state index in [1.54, 1.807) is 12.1 Å². The van der Waals surface area contributed by atoms with E-state index in [0.717, 1.165) is 23.3 Å². The molecule has 5 rings (SSSR count). The van der Waals surface area contributed by atoms with Crippen molar-refractivity contribution in [3.63, 3.8) is 0 Å². The molecule has 30 heavy (non-hydrogen) atoms. The minimum atomic E-state index is -0.170. The Hall–Kier alpha value is -3.80. The molecule has 1 aromatic heterocycles. The molecule has 0 bridgehead atoms. The lowest BCUT2D eigenvalue weighted by Gasteiger charge is -2.06. The van der Waals surface area contributed by atoms with Gasteiger partial charge in [-0.1, -0.05) is 36.4 Å². The van der Waals surface area contributed by atoms with Crippen molar-refractivity contribution in [2.75, 3.05) is 6.79 Å². The van der Waals surface area contributed by atoms with Gasteiger partial charge in [0.05, 0.1) is 0 Å². The summed E-state index contributed by atoms with van der Waals surface area (Å²) >= 11 is 0. The van der Waals surface area contributed by atoms with Gasteiger partial charge < -0.3 is 19.2 Å². The minimum absolute atomic E-state index is 0.170. The van der Waals surface area contributed by atoms with Gasteiger partial charge in [0.15, 0.2) is 23.0 Å². The van der Waals surface area contributed by atoms with E-state index in [1.165, 1.54) is 5.56 Å². The molecular formula is C24H20N2O4. The number of hydrogen-bond acceptors (Lipinski definition) is 5. The number of aryl methyl sites for hydroxylation is 2. The van der Waals surface area contributed by atoms with Crippen molar-refractivity contribution in [2.45, 2.75) is 19.4 Å². The van der Waals surface area contributed by atoms with Gasteiger partial charge in [0.25, 0.3) is 5.91 Å². The van der Waals surface area contributed by atoms with Crippen LogP contribution >= 0.6 is 0 Å². The van der Waals surface area contributed by atoms with Gasteiger partial charge in [0.2, 0.25) is 6.79 Å². The highest BCUT2D eigenvalue weighted by atomic mass is 16.7. The molecule has 150 valence electrons. The third kappa shape index (κ3) is 3.85. The standard InChI is InChI=1S/C24H20N2O4/c27-24(25-14-17-6-10-20-22(12-17)29-15-28-20)18-8-9-19-21(13-18)30-23(26-19)11-7-16-4-2-1-3-5-16/h1-6,8-10,12-13H,7,11,14-15H2,(H,25,27). The molecule has 0 saturated carbocycles. The van der Waals surface area contributed by atoms with Crippen LogP contribution in [0.15, 0.2) is 71.1 Å². The third-order valence-electron chi connectivity index (χ3n) is 5.06. The van der Waals surface area contributed by atoms with Gasteiger partial charge in [-0.15, -0.1) is 0 Å². The molecule has 1 amide bonds. The molecule has 1 N–H and O–H groups in total. The maximum atomic E-state index is 12.6. The van der Waals surface area contributed by atoms with Gasteiger partial charge in [0, 0.05) is 18.5 Å². The molecule has 1 aliphatic heterocycles. The van der Waals surface area contributed by atoms with Crippen LogP contribution in [0.1, 0.15) is 27.4 Å². The number of amides is 1. The normalized spacial score (nSPS) is 12.3. The van der Waals surface area contributed by atoms with Crippen LogP contribution < -0.4 is 14.8 Å². The number of benzene rings is 3. The van der Waals surface area contributed by atoms with Crippen LogP contribution in [0.5, 0.6) is 11.5 Å². The van der Waals surface area contributed by atoms with Crippen molar-refractivity contribution in [1.29, 1.82) is 0 Å². The molecule has 0 spiro atoms. The van der Waals surface area contributed by atoms with Crippen LogP contribution in [-0.4, -0.2) is 17.7 Å². The quantitative estimate of drug-likeness (QED) is 0.523. The Morgan fingerprint density at radius 1 is 0.900 bits per heavy atom. The molecule has 0 fully saturated rings. The number of hydrogen-bond donors (Lipinski definition) is 1. The first kappa shape index (κ1) is 18.2. The monoisotopic (exact) mass is 400 g/mol. The largest absolute Gasteiger partial charge is 0.454 e. The van der Waals surface area contributed by atoms with Gasteiger partial charge in [-0.25, -0.2) is 4.98 Å². The molecule has 0 unspecified atom stereocenters. The number of ether oxygens (including phenoxy) is 2. The molecule has 1 aliphatic rings. The van der Waals surface area contributed by atoms with Crippen LogP contribution in [0.25, 0.3) is 11.1 Å². The van der Waals surface area contributed by atoms with Gasteiger partial charge in [-0.05, 0) is 47.9 Å². The highest BCUT2D eigenvalue weighted by Crippen LogP contribution is 2.32. The first-order valence-corrected chi connectivity index (χ1v) is 9.85. The highest BCUT2D eigenvalue weighted by molar-refractivity contribution is 5.97. The molecule has 0 atom stereocenters. The zero-order valence-electron chi connectivity index (χ0n) is 16.3. The molecule has 6 nitrogen and oxygen atoms in total. The molecule has 2 heterocycles. The summed E-state index contributed by atoms with van der Waals surface area (Å²) in [5.74, 6) is 1.93. The first-order chi connectivity index (χ1) is 14.7. The van der Waals surface area contributed by atoms with E-state index in [-0.39, 0.29) is 12.7 Å². The van der Waals surface area contributed by atoms with Crippen molar-refractivity contribution in [2.24, 2.45) is 0 Å². The zero-order chi connectivity index (χ0) is 20.3. The van der Waals surface area contributed by atoms with E-state index in [0.29, 0.717) is 35.8 Å². The van der Waals surface area contributed by atoms with E-state index < -0.39 is 0 Å². The summed E-state index contributed by atoms with van der Waals surface area (Å²) in [4.78, 5) is 17.1. The third-order valence-corrected chi connectivity index (χ3v) is 5.06. The predicted octanol–water partition coefficient (Wildman–Crippen LogP) is 4.27. The number of fused-ring (bicyclic) bond motifs is 2. The topological polar surface area (TPSA) is 73.6 Å². The Bertz CT molecular complexity index is 1200. The lowest BCUT2D eigenvalue weighted by Crippen LogP contribution is -2.22. The van der Waals surface area contributed by atoms with Gasteiger partial charge in [-0.3, -0.25) is 4.79 Å². The van der Waals surface area contributed by atoms with E-state index in [2.05, 4.69) is 22.4 Å². The lowest BCUT2D eigenvalue weighted by atomic mass is 10.1. The fraction of sp³-hybridized carbons (Fsp3) is 0.167. The average molecular weight is 400 g/mol. The Morgan fingerprint density at radius 2 is 1.77 bits per heavy atom. The van der Waals surface area contributed by atoms with Gasteiger partial charge in [0.1, 0.15) is 5.52 Å². The maximum Gasteiger partial charge on any atom is 0.251 e. The number of rotatable bonds is 6. The van der Waals surface area contributed by atoms with Crippen LogP contribution in [-0.2, 0) is 19.4 Å². The average Bonchev–Trinajstić information content (AvgIpc) is 3.42. The number of carbonyl (C=O) groups excluding carboxylic acids is 1. The fourth-order valence-electron chi connectivity index (χ4n) is 3.45. The van der Waals surface area contributed by atoms with Crippen molar-refractivity contribution < 1.29 is 18.7 Å².